The van der Waals surface area contributed by atoms with Crippen molar-refractivity contribution in [1.82, 2.24) is 5.32 Å². The molecule has 0 heterocycles. The Bertz CT molecular complexity index is 575. The number of halogens is 1. The number of nitrogens with two attached hydrogens (primary N) is 1. The van der Waals surface area contributed by atoms with Crippen LogP contribution in [0.2, 0.25) is 0 Å². The molecule has 1 unspecified atom stereocenters. The summed E-state index contributed by atoms with van der Waals surface area (Å²) < 4.78 is 0.428. The van der Waals surface area contributed by atoms with Crippen molar-refractivity contribution in [2.75, 3.05) is 5.32 Å². The lowest BCUT2D eigenvalue weighted by Gasteiger charge is -2.21. The summed E-state index contributed by atoms with van der Waals surface area (Å²) in [6, 6.07) is 2.64. The molecule has 3 amide bonds. The molecule has 0 spiro atoms. The van der Waals surface area contributed by atoms with Gasteiger partial charge in [0.15, 0.2) is 0 Å². The van der Waals surface area contributed by atoms with E-state index in [4.69, 9.17) is 10.8 Å². The van der Waals surface area contributed by atoms with Gasteiger partial charge < -0.3 is 21.5 Å². The Labute approximate surface area is 130 Å². The van der Waals surface area contributed by atoms with E-state index in [1.54, 1.807) is 13.8 Å². The van der Waals surface area contributed by atoms with Gasteiger partial charge in [0, 0.05) is 4.47 Å². The second kappa shape index (κ2) is 7.07. The summed E-state index contributed by atoms with van der Waals surface area (Å²) in [5.41, 5.74) is 5.54. The van der Waals surface area contributed by atoms with Crippen LogP contribution in [0.4, 0.5) is 10.5 Å². The van der Waals surface area contributed by atoms with Gasteiger partial charge in [-0.25, -0.2) is 9.59 Å². The molecule has 7 nitrogen and oxygen atoms in total. The first-order valence-corrected chi connectivity index (χ1v) is 6.91. The molecule has 0 aliphatic rings. The number of rotatable bonds is 5. The normalized spacial score (nSPS) is 11.8. The maximum Gasteiger partial charge on any atom is 0.335 e. The fourth-order valence-corrected chi connectivity index (χ4v) is 2.13. The molecule has 0 aliphatic heterocycles. The highest BCUT2D eigenvalue weighted by molar-refractivity contribution is 9.10. The van der Waals surface area contributed by atoms with Crippen molar-refractivity contribution in [3.8, 4) is 0 Å². The number of amides is 3. The summed E-state index contributed by atoms with van der Waals surface area (Å²) in [6.07, 6.45) is 0. The lowest BCUT2D eigenvalue weighted by Crippen LogP contribution is -2.49. The number of carbonyl (C=O) groups is 3. The zero-order valence-electron chi connectivity index (χ0n) is 11.5. The molecule has 5 N–H and O–H groups in total. The number of anilines is 1. The van der Waals surface area contributed by atoms with Crippen molar-refractivity contribution in [2.45, 2.75) is 19.9 Å². The second-order valence-corrected chi connectivity index (χ2v) is 5.57. The van der Waals surface area contributed by atoms with Crippen molar-refractivity contribution < 1.29 is 19.5 Å². The fourth-order valence-electron chi connectivity index (χ4n) is 1.65. The minimum atomic E-state index is -1.07. The van der Waals surface area contributed by atoms with Crippen molar-refractivity contribution in [1.29, 1.82) is 0 Å². The highest BCUT2D eigenvalue weighted by Crippen LogP contribution is 2.24. The van der Waals surface area contributed by atoms with E-state index in [1.165, 1.54) is 18.2 Å². The van der Waals surface area contributed by atoms with Gasteiger partial charge in [-0.1, -0.05) is 13.8 Å². The molecule has 1 aromatic rings. The molecule has 0 radical (unpaired) electrons. The summed E-state index contributed by atoms with van der Waals surface area (Å²) in [5, 5.41) is 13.9. The minimum absolute atomic E-state index is 0.0931. The molecule has 1 atom stereocenters. The number of primary amides is 1. The quantitative estimate of drug-likeness (QED) is 0.641. The van der Waals surface area contributed by atoms with Gasteiger partial charge >= 0.3 is 12.0 Å². The van der Waals surface area contributed by atoms with E-state index in [0.29, 0.717) is 10.2 Å². The Morgan fingerprint density at radius 1 is 1.29 bits per heavy atom. The number of urea groups is 1. The van der Waals surface area contributed by atoms with E-state index in [1.807, 2.05) is 0 Å². The molecular formula is C13H16BrN3O4. The van der Waals surface area contributed by atoms with Crippen LogP contribution in [0.5, 0.6) is 0 Å². The second-order valence-electron chi connectivity index (χ2n) is 4.72. The molecule has 0 bridgehead atoms. The summed E-state index contributed by atoms with van der Waals surface area (Å²) >= 11 is 3.19. The van der Waals surface area contributed by atoms with Crippen LogP contribution in [0, 0.1) is 5.92 Å². The topological polar surface area (TPSA) is 122 Å². The SMILES string of the molecule is CC(C)C(NC(N)=O)C(=O)Nc1ccc(C(=O)O)cc1Br. The highest BCUT2D eigenvalue weighted by atomic mass is 79.9. The predicted molar refractivity (Wildman–Crippen MR) is 81.1 cm³/mol. The third-order valence-corrected chi connectivity index (χ3v) is 3.38. The van der Waals surface area contributed by atoms with Crippen LogP contribution in [0.3, 0.4) is 0 Å². The molecule has 21 heavy (non-hydrogen) atoms. The Hall–Kier alpha value is -2.09. The Balaban J connectivity index is 2.91. The molecule has 0 saturated carbocycles. The fraction of sp³-hybridized carbons (Fsp3) is 0.308. The number of benzene rings is 1. The summed E-state index contributed by atoms with van der Waals surface area (Å²) in [7, 11) is 0. The third kappa shape index (κ3) is 4.75. The molecule has 1 rings (SSSR count). The zero-order valence-corrected chi connectivity index (χ0v) is 13.1. The number of nitrogens with one attached hydrogen (secondary N) is 2. The van der Waals surface area contributed by atoms with Crippen LogP contribution in [0.25, 0.3) is 0 Å². The maximum absolute atomic E-state index is 12.1. The maximum atomic E-state index is 12.1. The number of carboxylic acid groups (broad SMARTS) is 1. The van der Waals surface area contributed by atoms with Crippen molar-refractivity contribution in [2.24, 2.45) is 11.7 Å². The van der Waals surface area contributed by atoms with E-state index in [0.717, 1.165) is 0 Å². The van der Waals surface area contributed by atoms with E-state index >= 15 is 0 Å². The van der Waals surface area contributed by atoms with Crippen LogP contribution >= 0.6 is 15.9 Å². The Morgan fingerprint density at radius 2 is 1.90 bits per heavy atom. The van der Waals surface area contributed by atoms with Gasteiger partial charge in [0.25, 0.3) is 0 Å². The molecule has 0 fully saturated rings. The number of hydrogen-bond donors (Lipinski definition) is 4. The van der Waals surface area contributed by atoms with E-state index in [2.05, 4.69) is 26.6 Å². The molecule has 0 aromatic heterocycles. The third-order valence-electron chi connectivity index (χ3n) is 2.72. The Morgan fingerprint density at radius 3 is 2.33 bits per heavy atom. The van der Waals surface area contributed by atoms with Gasteiger partial charge in [0.05, 0.1) is 11.3 Å². The monoisotopic (exact) mass is 357 g/mol. The molecule has 114 valence electrons. The number of aromatic carboxylic acids is 1. The van der Waals surface area contributed by atoms with Gasteiger partial charge in [-0.15, -0.1) is 0 Å². The van der Waals surface area contributed by atoms with Crippen LogP contribution in [-0.4, -0.2) is 29.1 Å². The summed E-state index contributed by atoms with van der Waals surface area (Å²) in [5.74, 6) is -1.66. The molecule has 8 heteroatoms. The number of hydrogen-bond acceptors (Lipinski definition) is 3. The average Bonchev–Trinajstić information content (AvgIpc) is 2.37. The van der Waals surface area contributed by atoms with Crippen LogP contribution in [0.15, 0.2) is 22.7 Å². The average molecular weight is 358 g/mol. The predicted octanol–water partition coefficient (Wildman–Crippen LogP) is 1.78. The lowest BCUT2D eigenvalue weighted by atomic mass is 10.0. The standard InChI is InChI=1S/C13H16BrN3O4/c1-6(2)10(17-13(15)21)11(18)16-9-4-3-7(12(19)20)5-8(9)14/h3-6,10H,1-2H3,(H,16,18)(H,19,20)(H3,15,17,21). The van der Waals surface area contributed by atoms with Gasteiger partial charge in [-0.2, -0.15) is 0 Å². The molecule has 0 saturated heterocycles. The van der Waals surface area contributed by atoms with Crippen molar-refractivity contribution >= 4 is 39.5 Å². The first-order valence-electron chi connectivity index (χ1n) is 6.12. The lowest BCUT2D eigenvalue weighted by molar-refractivity contribution is -0.118. The van der Waals surface area contributed by atoms with Crippen molar-refractivity contribution in [3.63, 3.8) is 0 Å². The van der Waals surface area contributed by atoms with E-state index in [-0.39, 0.29) is 11.5 Å². The Kier molecular flexibility index (Phi) is 5.71. The van der Waals surface area contributed by atoms with Crippen LogP contribution in [-0.2, 0) is 4.79 Å². The first-order chi connectivity index (χ1) is 9.72. The first kappa shape index (κ1) is 17.0. The smallest absolute Gasteiger partial charge is 0.335 e. The summed E-state index contributed by atoms with van der Waals surface area (Å²) in [6.45, 7) is 3.53. The largest absolute Gasteiger partial charge is 0.478 e. The van der Waals surface area contributed by atoms with Crippen LogP contribution < -0.4 is 16.4 Å². The molecule has 0 aliphatic carbocycles. The minimum Gasteiger partial charge on any atom is -0.478 e. The molecule has 1 aromatic carbocycles. The van der Waals surface area contributed by atoms with Gasteiger partial charge in [0.1, 0.15) is 6.04 Å². The van der Waals surface area contributed by atoms with Gasteiger partial charge in [-0.05, 0) is 40.0 Å². The molecular weight excluding hydrogens is 342 g/mol. The highest BCUT2D eigenvalue weighted by Gasteiger charge is 2.24. The number of carboxylic acids is 1. The zero-order chi connectivity index (χ0) is 16.2. The van der Waals surface area contributed by atoms with Gasteiger partial charge in [-0.3, -0.25) is 4.79 Å². The number of carbonyl (C=O) groups excluding carboxylic acids is 2. The van der Waals surface area contributed by atoms with Gasteiger partial charge in [0.2, 0.25) is 5.91 Å². The van der Waals surface area contributed by atoms with Crippen LogP contribution in [0.1, 0.15) is 24.2 Å². The summed E-state index contributed by atoms with van der Waals surface area (Å²) in [4.78, 5) is 33.9. The van der Waals surface area contributed by atoms with E-state index < -0.39 is 23.9 Å². The van der Waals surface area contributed by atoms with Crippen molar-refractivity contribution in [3.05, 3.63) is 28.2 Å². The van der Waals surface area contributed by atoms with E-state index in [9.17, 15) is 14.4 Å².